The molecule has 4 aliphatic heterocycles. The summed E-state index contributed by atoms with van der Waals surface area (Å²) < 4.78 is 6.49. The average Bonchev–Trinajstić information content (AvgIpc) is 3.27. The van der Waals surface area contributed by atoms with Gasteiger partial charge in [0.1, 0.15) is 17.2 Å². The predicted molar refractivity (Wildman–Crippen MR) is 145 cm³/mol. The van der Waals surface area contributed by atoms with E-state index in [-0.39, 0.29) is 17.3 Å². The van der Waals surface area contributed by atoms with Crippen molar-refractivity contribution >= 4 is 23.2 Å². The number of aliphatic hydroxyl groups excluding tert-OH is 1. The Bertz CT molecular complexity index is 1190. The molecule has 204 valence electrons. The van der Waals surface area contributed by atoms with Crippen LogP contribution in [0.1, 0.15) is 48.2 Å². The summed E-state index contributed by atoms with van der Waals surface area (Å²) in [5.74, 6) is 1.36. The van der Waals surface area contributed by atoms with Crippen LogP contribution in [0.3, 0.4) is 0 Å². The van der Waals surface area contributed by atoms with E-state index in [4.69, 9.17) is 15.5 Å². The van der Waals surface area contributed by atoms with Gasteiger partial charge in [0.25, 0.3) is 5.91 Å². The second-order valence-corrected chi connectivity index (χ2v) is 11.1. The molecule has 11 heteroatoms. The zero-order chi connectivity index (χ0) is 26.3. The SMILES string of the molecule is CN1CCN([C@@H]2CCCN(c3cnc(C(N)=O)c(Nc4ccc5c(c4)CCC4(CCNCC4)O5)n3)C2)C1O. The van der Waals surface area contributed by atoms with E-state index in [1.807, 2.05) is 24.1 Å². The average molecular weight is 523 g/mol. The van der Waals surface area contributed by atoms with Crippen LogP contribution in [0.5, 0.6) is 5.75 Å². The Morgan fingerprint density at radius 1 is 1.24 bits per heavy atom. The first kappa shape index (κ1) is 25.3. The summed E-state index contributed by atoms with van der Waals surface area (Å²) in [6.45, 7) is 5.26. The van der Waals surface area contributed by atoms with Gasteiger partial charge in [-0.25, -0.2) is 9.97 Å². The third-order valence-electron chi connectivity index (χ3n) is 8.60. The number of carbonyl (C=O) groups excluding carboxylic acids is 1. The summed E-state index contributed by atoms with van der Waals surface area (Å²) in [4.78, 5) is 27.7. The van der Waals surface area contributed by atoms with Crippen LogP contribution in [0, 0.1) is 0 Å². The molecule has 5 N–H and O–H groups in total. The molecule has 1 aromatic heterocycles. The second kappa shape index (κ2) is 10.3. The number of rotatable bonds is 5. The van der Waals surface area contributed by atoms with E-state index in [1.54, 1.807) is 6.20 Å². The van der Waals surface area contributed by atoms with Gasteiger partial charge >= 0.3 is 0 Å². The van der Waals surface area contributed by atoms with E-state index in [0.717, 1.165) is 94.8 Å². The van der Waals surface area contributed by atoms with Crippen molar-refractivity contribution in [1.29, 1.82) is 0 Å². The Morgan fingerprint density at radius 3 is 2.84 bits per heavy atom. The molecule has 5 heterocycles. The first-order valence-corrected chi connectivity index (χ1v) is 13.8. The number of hydrogen-bond donors (Lipinski definition) is 4. The topological polar surface area (TPSA) is 132 Å². The number of anilines is 3. The smallest absolute Gasteiger partial charge is 0.271 e. The highest BCUT2D eigenvalue weighted by Crippen LogP contribution is 2.39. The molecule has 1 unspecified atom stereocenters. The molecule has 2 aromatic rings. The molecular weight excluding hydrogens is 484 g/mol. The number of carbonyl (C=O) groups is 1. The quantitative estimate of drug-likeness (QED) is 0.455. The van der Waals surface area contributed by atoms with Gasteiger partial charge in [0.05, 0.1) is 6.20 Å². The summed E-state index contributed by atoms with van der Waals surface area (Å²) >= 11 is 0. The summed E-state index contributed by atoms with van der Waals surface area (Å²) in [5.41, 5.74) is 7.69. The van der Waals surface area contributed by atoms with Crippen LogP contribution in [-0.4, -0.2) is 95.1 Å². The number of aromatic nitrogens is 2. The zero-order valence-corrected chi connectivity index (χ0v) is 22.0. The third kappa shape index (κ3) is 4.91. The highest BCUT2D eigenvalue weighted by molar-refractivity contribution is 5.96. The standard InChI is InChI=1S/C27H38N8O3/c1-33-13-14-35(26(33)37)20-3-2-12-34(17-20)22-16-30-23(24(28)36)25(32-22)31-19-4-5-21-18(15-19)6-7-27(38-21)8-10-29-11-9-27/h4-5,15-16,20,26,29,37H,2-3,6-14,17H2,1H3,(H2,28,36)(H,31,32)/t20-,26?/m1/s1. The van der Waals surface area contributed by atoms with E-state index in [2.05, 4.69) is 31.5 Å². The number of piperidine rings is 2. The molecular formula is C27H38N8O3. The Morgan fingerprint density at radius 2 is 2.08 bits per heavy atom. The fourth-order valence-electron chi connectivity index (χ4n) is 6.33. The molecule has 0 bridgehead atoms. The van der Waals surface area contributed by atoms with Crippen molar-refractivity contribution in [2.24, 2.45) is 5.73 Å². The monoisotopic (exact) mass is 522 g/mol. The molecule has 1 aromatic carbocycles. The van der Waals surface area contributed by atoms with Crippen LogP contribution in [0.2, 0.25) is 0 Å². The number of aliphatic hydroxyl groups is 1. The van der Waals surface area contributed by atoms with Crippen LogP contribution in [0.4, 0.5) is 17.3 Å². The summed E-state index contributed by atoms with van der Waals surface area (Å²) in [5, 5.41) is 17.3. The number of primary amides is 1. The lowest BCUT2D eigenvalue weighted by Crippen LogP contribution is -2.51. The van der Waals surface area contributed by atoms with Gasteiger partial charge in [0.15, 0.2) is 17.9 Å². The maximum atomic E-state index is 12.2. The molecule has 6 rings (SSSR count). The van der Waals surface area contributed by atoms with Crippen molar-refractivity contribution in [3.63, 3.8) is 0 Å². The molecule has 0 saturated carbocycles. The number of fused-ring (bicyclic) bond motifs is 1. The normalized spacial score (nSPS) is 25.7. The molecule has 0 aliphatic carbocycles. The molecule has 3 saturated heterocycles. The fourth-order valence-corrected chi connectivity index (χ4v) is 6.33. The van der Waals surface area contributed by atoms with Gasteiger partial charge in [0, 0.05) is 37.9 Å². The number of aryl methyl sites for hydroxylation is 1. The van der Waals surface area contributed by atoms with Crippen molar-refractivity contribution < 1.29 is 14.6 Å². The minimum Gasteiger partial charge on any atom is -0.487 e. The summed E-state index contributed by atoms with van der Waals surface area (Å²) in [7, 11) is 1.94. The van der Waals surface area contributed by atoms with Gasteiger partial charge in [-0.2, -0.15) is 0 Å². The van der Waals surface area contributed by atoms with E-state index in [0.29, 0.717) is 11.6 Å². The molecule has 3 fully saturated rings. The van der Waals surface area contributed by atoms with Crippen LogP contribution in [-0.2, 0) is 6.42 Å². The number of benzene rings is 1. The Hall–Kier alpha value is -2.99. The van der Waals surface area contributed by atoms with E-state index >= 15 is 0 Å². The van der Waals surface area contributed by atoms with Crippen molar-refractivity contribution in [2.45, 2.75) is 56.5 Å². The number of nitrogens with two attached hydrogens (primary N) is 1. The number of ether oxygens (including phenoxy) is 1. The van der Waals surface area contributed by atoms with Gasteiger partial charge in [-0.3, -0.25) is 14.6 Å². The van der Waals surface area contributed by atoms with Crippen molar-refractivity contribution in [3.8, 4) is 5.75 Å². The maximum Gasteiger partial charge on any atom is 0.271 e. The first-order chi connectivity index (χ1) is 18.4. The van der Waals surface area contributed by atoms with Crippen LogP contribution in [0.25, 0.3) is 0 Å². The number of amides is 1. The van der Waals surface area contributed by atoms with E-state index < -0.39 is 12.3 Å². The van der Waals surface area contributed by atoms with Crippen molar-refractivity contribution in [1.82, 2.24) is 25.1 Å². The Kier molecular flexibility index (Phi) is 6.85. The van der Waals surface area contributed by atoms with Gasteiger partial charge in [-0.1, -0.05) is 0 Å². The van der Waals surface area contributed by atoms with Gasteiger partial charge in [0.2, 0.25) is 0 Å². The molecule has 4 aliphatic rings. The lowest BCUT2D eigenvalue weighted by atomic mass is 9.83. The highest BCUT2D eigenvalue weighted by atomic mass is 16.5. The molecule has 38 heavy (non-hydrogen) atoms. The van der Waals surface area contributed by atoms with Gasteiger partial charge < -0.3 is 31.1 Å². The molecule has 1 amide bonds. The maximum absolute atomic E-state index is 12.2. The van der Waals surface area contributed by atoms with E-state index in [1.165, 1.54) is 0 Å². The number of likely N-dealkylation sites (N-methyl/N-ethyl adjacent to an activating group) is 1. The molecule has 0 radical (unpaired) electrons. The molecule has 11 nitrogen and oxygen atoms in total. The van der Waals surface area contributed by atoms with Crippen molar-refractivity contribution in [3.05, 3.63) is 35.7 Å². The third-order valence-corrected chi connectivity index (χ3v) is 8.60. The number of nitrogens with zero attached hydrogens (tertiary/aromatic N) is 5. The minimum atomic E-state index is -0.625. The molecule has 1 spiro atoms. The lowest BCUT2D eigenvalue weighted by molar-refractivity contribution is -0.0669. The van der Waals surface area contributed by atoms with E-state index in [9.17, 15) is 9.90 Å². The number of hydrogen-bond acceptors (Lipinski definition) is 10. The summed E-state index contributed by atoms with van der Waals surface area (Å²) in [6.07, 6.45) is 7.09. The van der Waals surface area contributed by atoms with Gasteiger partial charge in [-0.15, -0.1) is 0 Å². The second-order valence-electron chi connectivity index (χ2n) is 11.1. The Labute approximate surface area is 223 Å². The lowest BCUT2D eigenvalue weighted by Gasteiger charge is -2.41. The largest absolute Gasteiger partial charge is 0.487 e. The van der Waals surface area contributed by atoms with Crippen LogP contribution in [0.15, 0.2) is 24.4 Å². The highest BCUT2D eigenvalue weighted by Gasteiger charge is 2.38. The fraction of sp³-hybridized carbons (Fsp3) is 0.593. The first-order valence-electron chi connectivity index (χ1n) is 13.8. The van der Waals surface area contributed by atoms with Crippen LogP contribution < -0.4 is 26.0 Å². The number of nitrogens with one attached hydrogen (secondary N) is 2. The molecule has 2 atom stereocenters. The minimum absolute atomic E-state index is 0.0566. The zero-order valence-electron chi connectivity index (χ0n) is 22.0. The van der Waals surface area contributed by atoms with Crippen molar-refractivity contribution in [2.75, 3.05) is 56.5 Å². The van der Waals surface area contributed by atoms with Gasteiger partial charge in [-0.05, 0) is 82.4 Å². The Balaban J connectivity index is 1.21. The summed E-state index contributed by atoms with van der Waals surface area (Å²) in [6, 6.07) is 6.27. The van der Waals surface area contributed by atoms with Crippen LogP contribution >= 0.6 is 0 Å². The predicted octanol–water partition coefficient (Wildman–Crippen LogP) is 1.26.